The van der Waals surface area contributed by atoms with E-state index in [1.165, 1.54) is 4.90 Å². The number of carbonyl (C=O) groups excluding carboxylic acids is 2. The number of carbonyl (C=O) groups is 2. The van der Waals surface area contributed by atoms with Crippen LogP contribution in [0.1, 0.15) is 23.8 Å². The molecular formula is C11H12BrFN2O5S2. The highest BCUT2D eigenvalue weighted by Gasteiger charge is 2.36. The number of halogens is 2. The van der Waals surface area contributed by atoms with Crippen LogP contribution in [0.3, 0.4) is 0 Å². The van der Waals surface area contributed by atoms with Gasteiger partial charge in [0.15, 0.2) is 10.8 Å². The largest absolute Gasteiger partial charge is 0.461 e. The Hall–Kier alpha value is -1.07. The van der Waals surface area contributed by atoms with Gasteiger partial charge in [-0.15, -0.1) is 3.89 Å². The summed E-state index contributed by atoms with van der Waals surface area (Å²) in [6.07, 6.45) is -0.0743. The van der Waals surface area contributed by atoms with Gasteiger partial charge >= 0.3 is 16.2 Å². The maximum Gasteiger partial charge on any atom is 0.359 e. The Kier molecular flexibility index (Phi) is 5.17. The van der Waals surface area contributed by atoms with Crippen LogP contribution in [-0.2, 0) is 19.8 Å². The lowest BCUT2D eigenvalue weighted by atomic mass is 10.1. The fourth-order valence-corrected chi connectivity index (χ4v) is 4.37. The zero-order valence-electron chi connectivity index (χ0n) is 11.4. The molecule has 2 rings (SSSR count). The number of amides is 1. The van der Waals surface area contributed by atoms with Gasteiger partial charge in [0, 0.05) is 18.9 Å². The normalized spacial score (nSPS) is 18.8. The van der Waals surface area contributed by atoms with Crippen LogP contribution in [0.15, 0.2) is 3.79 Å². The quantitative estimate of drug-likeness (QED) is 0.537. The minimum atomic E-state index is -4.64. The summed E-state index contributed by atoms with van der Waals surface area (Å²) in [5.41, 5.74) is 0.0520. The molecule has 1 amide bonds. The van der Waals surface area contributed by atoms with Crippen LogP contribution in [-0.4, -0.2) is 44.2 Å². The van der Waals surface area contributed by atoms with E-state index in [0.29, 0.717) is 3.79 Å². The van der Waals surface area contributed by atoms with Gasteiger partial charge < -0.3 is 4.74 Å². The SMILES string of the molecule is CCOC(=O)c1nc(N2CC(CS(=O)(=O)F)CC2=O)sc1Br. The van der Waals surface area contributed by atoms with Gasteiger partial charge in [0.25, 0.3) is 0 Å². The average molecular weight is 415 g/mol. The number of anilines is 1. The Bertz CT molecular complexity index is 705. The van der Waals surface area contributed by atoms with Crippen molar-refractivity contribution < 1.29 is 26.6 Å². The third-order valence-electron chi connectivity index (χ3n) is 2.91. The van der Waals surface area contributed by atoms with Gasteiger partial charge in [-0.25, -0.2) is 9.78 Å². The topological polar surface area (TPSA) is 93.6 Å². The van der Waals surface area contributed by atoms with E-state index in [0.717, 1.165) is 11.3 Å². The second-order valence-electron chi connectivity index (χ2n) is 4.62. The monoisotopic (exact) mass is 414 g/mol. The van der Waals surface area contributed by atoms with Gasteiger partial charge in [0.05, 0.1) is 12.4 Å². The lowest BCUT2D eigenvalue weighted by Crippen LogP contribution is -2.25. The Balaban J connectivity index is 2.17. The molecule has 1 atom stereocenters. The zero-order chi connectivity index (χ0) is 16.5. The number of thiazole rings is 1. The lowest BCUT2D eigenvalue weighted by molar-refractivity contribution is -0.117. The predicted octanol–water partition coefficient (Wildman–Crippen LogP) is 1.73. The smallest absolute Gasteiger partial charge is 0.359 e. The summed E-state index contributed by atoms with van der Waals surface area (Å²) >= 11 is 4.24. The fourth-order valence-electron chi connectivity index (χ4n) is 2.09. The Morgan fingerprint density at radius 1 is 1.59 bits per heavy atom. The number of esters is 1. The summed E-state index contributed by atoms with van der Waals surface area (Å²) < 4.78 is 39.3. The van der Waals surface area contributed by atoms with E-state index >= 15 is 0 Å². The maximum absolute atomic E-state index is 12.7. The van der Waals surface area contributed by atoms with E-state index in [9.17, 15) is 21.9 Å². The molecule has 22 heavy (non-hydrogen) atoms. The van der Waals surface area contributed by atoms with E-state index in [1.54, 1.807) is 6.92 Å². The molecule has 1 aliphatic rings. The van der Waals surface area contributed by atoms with Crippen LogP contribution in [0.2, 0.25) is 0 Å². The van der Waals surface area contributed by atoms with Crippen molar-refractivity contribution in [1.29, 1.82) is 0 Å². The predicted molar refractivity (Wildman–Crippen MR) is 81.1 cm³/mol. The molecule has 0 aromatic carbocycles. The van der Waals surface area contributed by atoms with E-state index in [4.69, 9.17) is 4.74 Å². The first-order valence-corrected chi connectivity index (χ1v) is 9.43. The molecule has 1 aromatic rings. The molecular weight excluding hydrogens is 403 g/mol. The van der Waals surface area contributed by atoms with Crippen molar-refractivity contribution in [2.24, 2.45) is 5.92 Å². The molecule has 1 fully saturated rings. The molecule has 122 valence electrons. The number of aromatic nitrogens is 1. The van der Waals surface area contributed by atoms with Crippen molar-refractivity contribution >= 4 is 54.5 Å². The molecule has 7 nitrogen and oxygen atoms in total. The summed E-state index contributed by atoms with van der Waals surface area (Å²) in [6.45, 7) is 1.90. The first-order valence-electron chi connectivity index (χ1n) is 6.27. The minimum absolute atomic E-state index is 0.0458. The van der Waals surface area contributed by atoms with Crippen molar-refractivity contribution in [2.75, 3.05) is 23.8 Å². The highest BCUT2D eigenvalue weighted by molar-refractivity contribution is 9.11. The number of hydrogen-bond donors (Lipinski definition) is 0. The Morgan fingerprint density at radius 2 is 2.27 bits per heavy atom. The van der Waals surface area contributed by atoms with Gasteiger partial charge in [0.1, 0.15) is 3.79 Å². The zero-order valence-corrected chi connectivity index (χ0v) is 14.6. The molecule has 1 aromatic heterocycles. The molecule has 1 aliphatic heterocycles. The number of ether oxygens (including phenoxy) is 1. The molecule has 1 unspecified atom stereocenters. The van der Waals surface area contributed by atoms with Gasteiger partial charge in [-0.05, 0) is 22.9 Å². The molecule has 0 N–H and O–H groups in total. The molecule has 11 heteroatoms. The molecule has 0 bridgehead atoms. The third kappa shape index (κ3) is 4.02. The molecule has 0 spiro atoms. The lowest BCUT2D eigenvalue weighted by Gasteiger charge is -2.11. The summed E-state index contributed by atoms with van der Waals surface area (Å²) in [5.74, 6) is -2.31. The molecule has 0 radical (unpaired) electrons. The standard InChI is InChI=1S/C11H12BrFN2O5S2/c1-2-20-10(17)8-9(12)21-11(14-8)15-4-6(3-7(15)16)5-22(13,18)19/h6H,2-5H2,1H3. The molecule has 2 heterocycles. The number of hydrogen-bond acceptors (Lipinski definition) is 7. The van der Waals surface area contributed by atoms with Gasteiger partial charge in [-0.2, -0.15) is 8.42 Å². The van der Waals surface area contributed by atoms with Gasteiger partial charge in [-0.3, -0.25) is 9.69 Å². The maximum atomic E-state index is 12.7. The van der Waals surface area contributed by atoms with Crippen LogP contribution in [0.25, 0.3) is 0 Å². The molecule has 1 saturated heterocycles. The van der Waals surface area contributed by atoms with E-state index in [1.807, 2.05) is 0 Å². The van der Waals surface area contributed by atoms with Crippen molar-refractivity contribution in [3.05, 3.63) is 9.48 Å². The first kappa shape index (κ1) is 17.3. The van der Waals surface area contributed by atoms with E-state index in [2.05, 4.69) is 20.9 Å². The van der Waals surface area contributed by atoms with Gasteiger partial charge in [-0.1, -0.05) is 11.3 Å². The fraction of sp³-hybridized carbons (Fsp3) is 0.545. The van der Waals surface area contributed by atoms with E-state index < -0.39 is 27.9 Å². The van der Waals surface area contributed by atoms with Crippen LogP contribution < -0.4 is 4.90 Å². The van der Waals surface area contributed by atoms with Crippen molar-refractivity contribution in [3.63, 3.8) is 0 Å². The molecule has 0 aliphatic carbocycles. The second kappa shape index (κ2) is 6.59. The van der Waals surface area contributed by atoms with Crippen LogP contribution in [0, 0.1) is 5.92 Å². The number of rotatable bonds is 5. The van der Waals surface area contributed by atoms with Crippen molar-refractivity contribution in [2.45, 2.75) is 13.3 Å². The Labute approximate surface area is 138 Å². The van der Waals surface area contributed by atoms with Crippen LogP contribution in [0.4, 0.5) is 9.02 Å². The van der Waals surface area contributed by atoms with Crippen molar-refractivity contribution in [1.82, 2.24) is 4.98 Å². The Morgan fingerprint density at radius 3 is 2.86 bits per heavy atom. The van der Waals surface area contributed by atoms with Crippen LogP contribution >= 0.6 is 27.3 Å². The number of nitrogens with zero attached hydrogens (tertiary/aromatic N) is 2. The average Bonchev–Trinajstić information content (AvgIpc) is 2.91. The van der Waals surface area contributed by atoms with Gasteiger partial charge in [0.2, 0.25) is 5.91 Å². The summed E-state index contributed by atoms with van der Waals surface area (Å²) in [6, 6.07) is 0. The minimum Gasteiger partial charge on any atom is -0.461 e. The first-order chi connectivity index (χ1) is 10.2. The highest BCUT2D eigenvalue weighted by Crippen LogP contribution is 2.35. The summed E-state index contributed by atoms with van der Waals surface area (Å²) in [7, 11) is -4.64. The second-order valence-corrected chi connectivity index (χ2v) is 8.33. The highest BCUT2D eigenvalue weighted by atomic mass is 79.9. The molecule has 0 saturated carbocycles. The van der Waals surface area contributed by atoms with Crippen molar-refractivity contribution in [3.8, 4) is 0 Å². The summed E-state index contributed by atoms with van der Waals surface area (Å²) in [5, 5.41) is 0.249. The third-order valence-corrected chi connectivity index (χ3v) is 5.51. The summed E-state index contributed by atoms with van der Waals surface area (Å²) in [4.78, 5) is 28.9. The van der Waals surface area contributed by atoms with Crippen LogP contribution in [0.5, 0.6) is 0 Å². The van der Waals surface area contributed by atoms with E-state index in [-0.39, 0.29) is 36.3 Å².